The van der Waals surface area contributed by atoms with Crippen molar-refractivity contribution in [3.8, 4) is 11.8 Å². The Labute approximate surface area is 114 Å². The zero-order valence-electron chi connectivity index (χ0n) is 10.3. The molecule has 2 aromatic carbocycles. The van der Waals surface area contributed by atoms with E-state index in [1.54, 1.807) is 0 Å². The minimum Gasteiger partial charge on any atom is -0.485 e. The highest BCUT2D eigenvalue weighted by Crippen LogP contribution is 2.14. The lowest BCUT2D eigenvalue weighted by atomic mass is 10.1. The van der Waals surface area contributed by atoms with Crippen molar-refractivity contribution in [3.63, 3.8) is 0 Å². The smallest absolute Gasteiger partial charge is 0.203 e. The van der Waals surface area contributed by atoms with Crippen LogP contribution in [-0.4, -0.2) is 12.4 Å². The maximum atomic E-state index is 13.4. The molecule has 0 aromatic heterocycles. The Hall–Kier alpha value is -2.74. The lowest BCUT2D eigenvalue weighted by molar-refractivity contribution is 0.0917. The van der Waals surface area contributed by atoms with Gasteiger partial charge in [-0.1, -0.05) is 0 Å². The number of hydrogen-bond acceptors (Lipinski definition) is 3. The molecule has 0 aliphatic heterocycles. The first-order valence-electron chi connectivity index (χ1n) is 5.71. The van der Waals surface area contributed by atoms with Crippen LogP contribution in [0.15, 0.2) is 42.5 Å². The number of carbonyl (C=O) groups is 1. The van der Waals surface area contributed by atoms with Crippen LogP contribution < -0.4 is 4.74 Å². The second-order valence-corrected chi connectivity index (χ2v) is 3.97. The van der Waals surface area contributed by atoms with E-state index in [9.17, 15) is 13.6 Å². The number of hydrogen-bond donors (Lipinski definition) is 0. The van der Waals surface area contributed by atoms with Crippen LogP contribution in [0.3, 0.4) is 0 Å². The number of ketones is 1. The first-order chi connectivity index (χ1) is 9.60. The zero-order chi connectivity index (χ0) is 14.5. The molecular formula is C15H9F2NO2. The SMILES string of the molecule is N#Cc1ccc(OCC(=O)c2cc(F)ccc2F)cc1. The van der Waals surface area contributed by atoms with Gasteiger partial charge in [0.1, 0.15) is 17.4 Å². The lowest BCUT2D eigenvalue weighted by Crippen LogP contribution is -2.13. The third-order valence-corrected chi connectivity index (χ3v) is 2.58. The molecule has 0 aliphatic carbocycles. The zero-order valence-corrected chi connectivity index (χ0v) is 10.3. The van der Waals surface area contributed by atoms with Gasteiger partial charge in [-0.2, -0.15) is 5.26 Å². The van der Waals surface area contributed by atoms with Gasteiger partial charge in [0.05, 0.1) is 17.2 Å². The summed E-state index contributed by atoms with van der Waals surface area (Å²) >= 11 is 0. The molecule has 0 spiro atoms. The molecular weight excluding hydrogens is 264 g/mol. The molecule has 100 valence electrons. The van der Waals surface area contributed by atoms with Gasteiger partial charge in [0.15, 0.2) is 6.61 Å². The topological polar surface area (TPSA) is 50.1 Å². The van der Waals surface area contributed by atoms with E-state index in [4.69, 9.17) is 10.00 Å². The van der Waals surface area contributed by atoms with Crippen LogP contribution >= 0.6 is 0 Å². The number of benzene rings is 2. The number of carbonyl (C=O) groups excluding carboxylic acids is 1. The number of nitriles is 1. The van der Waals surface area contributed by atoms with Crippen LogP contribution in [0.25, 0.3) is 0 Å². The first-order valence-corrected chi connectivity index (χ1v) is 5.71. The predicted octanol–water partition coefficient (Wildman–Crippen LogP) is 3.10. The summed E-state index contributed by atoms with van der Waals surface area (Å²) in [5, 5.41) is 8.63. The van der Waals surface area contributed by atoms with E-state index in [1.165, 1.54) is 24.3 Å². The van der Waals surface area contributed by atoms with Gasteiger partial charge in [0.25, 0.3) is 0 Å². The molecule has 3 nitrogen and oxygen atoms in total. The largest absolute Gasteiger partial charge is 0.485 e. The number of rotatable bonds is 4. The van der Waals surface area contributed by atoms with Gasteiger partial charge in [-0.25, -0.2) is 8.78 Å². The average Bonchev–Trinajstić information content (AvgIpc) is 2.47. The Balaban J connectivity index is 2.04. The molecule has 0 fully saturated rings. The number of ether oxygens (including phenoxy) is 1. The van der Waals surface area contributed by atoms with Crippen molar-refractivity contribution in [1.29, 1.82) is 5.26 Å². The second kappa shape index (κ2) is 5.93. The third kappa shape index (κ3) is 3.18. The summed E-state index contributed by atoms with van der Waals surface area (Å²) in [6.07, 6.45) is 0. The van der Waals surface area contributed by atoms with Crippen molar-refractivity contribution < 1.29 is 18.3 Å². The van der Waals surface area contributed by atoms with Crippen LogP contribution in [0.5, 0.6) is 5.75 Å². The Morgan fingerprint density at radius 2 is 1.85 bits per heavy atom. The lowest BCUT2D eigenvalue weighted by Gasteiger charge is -2.06. The molecule has 20 heavy (non-hydrogen) atoms. The summed E-state index contributed by atoms with van der Waals surface area (Å²) in [5.74, 6) is -1.77. The van der Waals surface area contributed by atoms with Crippen LogP contribution in [0, 0.1) is 23.0 Å². The van der Waals surface area contributed by atoms with E-state index >= 15 is 0 Å². The normalized spacial score (nSPS) is 9.85. The molecule has 0 saturated carbocycles. The third-order valence-electron chi connectivity index (χ3n) is 2.58. The molecule has 5 heteroatoms. The molecule has 0 radical (unpaired) electrons. The summed E-state index contributed by atoms with van der Waals surface area (Å²) < 4.78 is 31.5. The highest BCUT2D eigenvalue weighted by molar-refractivity contribution is 5.97. The Kier molecular flexibility index (Phi) is 4.06. The molecule has 2 rings (SSSR count). The summed E-state index contributed by atoms with van der Waals surface area (Å²) in [4.78, 5) is 11.7. The summed E-state index contributed by atoms with van der Waals surface area (Å²) in [6, 6.07) is 10.7. The molecule has 0 unspecified atom stereocenters. The van der Waals surface area contributed by atoms with Crippen LogP contribution in [0.1, 0.15) is 15.9 Å². The minimum atomic E-state index is -0.792. The Morgan fingerprint density at radius 1 is 1.15 bits per heavy atom. The number of halogens is 2. The highest BCUT2D eigenvalue weighted by atomic mass is 19.1. The van der Waals surface area contributed by atoms with E-state index in [0.29, 0.717) is 11.3 Å². The van der Waals surface area contributed by atoms with Crippen LogP contribution in [0.4, 0.5) is 8.78 Å². The van der Waals surface area contributed by atoms with E-state index in [-0.39, 0.29) is 5.56 Å². The van der Waals surface area contributed by atoms with Crippen molar-refractivity contribution in [3.05, 3.63) is 65.2 Å². The van der Waals surface area contributed by atoms with E-state index in [0.717, 1.165) is 18.2 Å². The van der Waals surface area contributed by atoms with E-state index in [1.807, 2.05) is 6.07 Å². The molecule has 0 amide bonds. The molecule has 0 atom stereocenters. The number of nitrogens with zero attached hydrogens (tertiary/aromatic N) is 1. The van der Waals surface area contributed by atoms with Crippen LogP contribution in [0.2, 0.25) is 0 Å². The summed E-state index contributed by atoms with van der Waals surface area (Å²) in [6.45, 7) is -0.410. The van der Waals surface area contributed by atoms with E-state index in [2.05, 4.69) is 0 Å². The van der Waals surface area contributed by atoms with Crippen molar-refractivity contribution in [2.24, 2.45) is 0 Å². The fourth-order valence-corrected chi connectivity index (χ4v) is 1.56. The summed E-state index contributed by atoms with van der Waals surface area (Å²) in [7, 11) is 0. The van der Waals surface area contributed by atoms with Gasteiger partial charge >= 0.3 is 0 Å². The molecule has 0 N–H and O–H groups in total. The van der Waals surface area contributed by atoms with Crippen molar-refractivity contribution >= 4 is 5.78 Å². The monoisotopic (exact) mass is 273 g/mol. The van der Waals surface area contributed by atoms with Gasteiger partial charge in [-0.3, -0.25) is 4.79 Å². The number of Topliss-reactive ketones (excluding diaryl/α,β-unsaturated/α-hetero) is 1. The molecule has 0 aliphatic rings. The van der Waals surface area contributed by atoms with Gasteiger partial charge in [0, 0.05) is 0 Å². The summed E-state index contributed by atoms with van der Waals surface area (Å²) in [5.41, 5.74) is 0.110. The fraction of sp³-hybridized carbons (Fsp3) is 0.0667. The van der Waals surface area contributed by atoms with Gasteiger partial charge in [0.2, 0.25) is 5.78 Å². The van der Waals surface area contributed by atoms with Crippen LogP contribution in [-0.2, 0) is 0 Å². The quantitative estimate of drug-likeness (QED) is 0.804. The second-order valence-electron chi connectivity index (χ2n) is 3.97. The fourth-order valence-electron chi connectivity index (χ4n) is 1.56. The maximum absolute atomic E-state index is 13.4. The van der Waals surface area contributed by atoms with Gasteiger partial charge in [-0.05, 0) is 42.5 Å². The van der Waals surface area contributed by atoms with Crippen molar-refractivity contribution in [2.75, 3.05) is 6.61 Å². The van der Waals surface area contributed by atoms with Gasteiger partial charge in [-0.15, -0.1) is 0 Å². The molecule has 0 heterocycles. The standard InChI is InChI=1S/C15H9F2NO2/c16-11-3-6-14(17)13(7-11)15(19)9-20-12-4-1-10(8-18)2-5-12/h1-7H,9H2. The molecule has 0 saturated heterocycles. The van der Waals surface area contributed by atoms with E-state index < -0.39 is 24.0 Å². The first kappa shape index (κ1) is 13.7. The molecule has 2 aromatic rings. The molecule has 0 bridgehead atoms. The average molecular weight is 273 g/mol. The Morgan fingerprint density at radius 3 is 2.50 bits per heavy atom. The Bertz CT molecular complexity index is 675. The minimum absolute atomic E-state index is 0.348. The highest BCUT2D eigenvalue weighted by Gasteiger charge is 2.13. The maximum Gasteiger partial charge on any atom is 0.203 e. The van der Waals surface area contributed by atoms with Gasteiger partial charge < -0.3 is 4.74 Å². The van der Waals surface area contributed by atoms with Crippen molar-refractivity contribution in [2.45, 2.75) is 0 Å². The van der Waals surface area contributed by atoms with Crippen molar-refractivity contribution in [1.82, 2.24) is 0 Å². The predicted molar refractivity (Wildman–Crippen MR) is 67.3 cm³/mol.